The Bertz CT molecular complexity index is 721. The number of esters is 1. The summed E-state index contributed by atoms with van der Waals surface area (Å²) in [5, 5.41) is 10.0. The second-order valence-electron chi connectivity index (χ2n) is 4.99. The van der Waals surface area contributed by atoms with E-state index in [4.69, 9.17) is 4.74 Å². The molecule has 1 aliphatic rings. The van der Waals surface area contributed by atoms with Gasteiger partial charge in [-0.3, -0.25) is 4.57 Å². The first-order chi connectivity index (χ1) is 10.3. The smallest absolute Gasteiger partial charge is 0.341 e. The minimum atomic E-state index is -0.274. The second-order valence-corrected chi connectivity index (χ2v) is 6.07. The van der Waals surface area contributed by atoms with E-state index in [1.54, 1.807) is 22.0 Å². The number of aryl methyl sites for hydroxylation is 1. The van der Waals surface area contributed by atoms with E-state index in [0.29, 0.717) is 17.9 Å². The van der Waals surface area contributed by atoms with Gasteiger partial charge in [-0.05, 0) is 50.3 Å². The minimum absolute atomic E-state index is 0.274. The summed E-state index contributed by atoms with van der Waals surface area (Å²) < 4.78 is 7.04. The van der Waals surface area contributed by atoms with E-state index < -0.39 is 0 Å². The van der Waals surface area contributed by atoms with Gasteiger partial charge < -0.3 is 4.74 Å². The van der Waals surface area contributed by atoms with Crippen LogP contribution in [0.2, 0.25) is 0 Å². The van der Waals surface area contributed by atoms with Crippen molar-refractivity contribution in [3.8, 4) is 11.1 Å². The summed E-state index contributed by atoms with van der Waals surface area (Å²) in [5.41, 5.74) is 2.32. The van der Waals surface area contributed by atoms with Gasteiger partial charge in [-0.2, -0.15) is 5.26 Å². The Labute approximate surface area is 127 Å². The van der Waals surface area contributed by atoms with Crippen molar-refractivity contribution in [2.45, 2.75) is 32.6 Å². The molecular formula is C16H16N2O2S. The number of thiophene rings is 1. The van der Waals surface area contributed by atoms with E-state index in [0.717, 1.165) is 36.2 Å². The normalized spacial score (nSPS) is 13.5. The molecule has 0 radical (unpaired) electrons. The van der Waals surface area contributed by atoms with Gasteiger partial charge in [0.05, 0.1) is 12.2 Å². The number of fused-ring (bicyclic) bond motifs is 1. The number of rotatable bonds is 3. The molecule has 108 valence electrons. The summed E-state index contributed by atoms with van der Waals surface area (Å²) in [6, 6.07) is 5.75. The first kappa shape index (κ1) is 13.9. The van der Waals surface area contributed by atoms with Crippen molar-refractivity contribution in [2.24, 2.45) is 0 Å². The third-order valence-corrected chi connectivity index (χ3v) is 5.01. The highest BCUT2D eigenvalue weighted by Gasteiger charge is 2.27. The topological polar surface area (TPSA) is 55.0 Å². The molecule has 4 nitrogen and oxygen atoms in total. The monoisotopic (exact) mass is 300 g/mol. The highest BCUT2D eigenvalue weighted by molar-refractivity contribution is 7.15. The molecule has 2 aromatic heterocycles. The van der Waals surface area contributed by atoms with E-state index in [9.17, 15) is 10.1 Å². The fourth-order valence-electron chi connectivity index (χ4n) is 2.78. The van der Waals surface area contributed by atoms with Crippen LogP contribution < -0.4 is 0 Å². The molecule has 5 heteroatoms. The first-order valence-electron chi connectivity index (χ1n) is 7.15. The molecule has 21 heavy (non-hydrogen) atoms. The summed E-state index contributed by atoms with van der Waals surface area (Å²) in [6.07, 6.45) is 6.02. The predicted molar refractivity (Wildman–Crippen MR) is 81.0 cm³/mol. The van der Waals surface area contributed by atoms with Crippen molar-refractivity contribution in [3.05, 3.63) is 40.0 Å². The van der Waals surface area contributed by atoms with Crippen molar-refractivity contribution in [1.29, 1.82) is 5.26 Å². The molecule has 1 aliphatic carbocycles. The Morgan fingerprint density at radius 1 is 1.48 bits per heavy atom. The van der Waals surface area contributed by atoms with Gasteiger partial charge in [0, 0.05) is 11.1 Å². The third kappa shape index (κ3) is 2.36. The molecule has 0 amide bonds. The van der Waals surface area contributed by atoms with Gasteiger partial charge in [-0.1, -0.05) is 0 Å². The van der Waals surface area contributed by atoms with Gasteiger partial charge in [0.1, 0.15) is 16.8 Å². The summed E-state index contributed by atoms with van der Waals surface area (Å²) in [7, 11) is 0. The molecule has 2 heterocycles. The molecular weight excluding hydrogens is 284 g/mol. The van der Waals surface area contributed by atoms with Crippen LogP contribution in [0, 0.1) is 11.3 Å². The Morgan fingerprint density at radius 2 is 2.29 bits per heavy atom. The largest absolute Gasteiger partial charge is 0.462 e. The number of nitrogens with zero attached hydrogens (tertiary/aromatic N) is 2. The fraction of sp³-hybridized carbons (Fsp3) is 0.375. The highest BCUT2D eigenvalue weighted by Crippen LogP contribution is 2.37. The molecule has 0 fully saturated rings. The van der Waals surface area contributed by atoms with Crippen molar-refractivity contribution in [1.82, 2.24) is 4.57 Å². The number of nitriles is 1. The SMILES string of the molecule is CCOC(=O)c1c(-n2cccc2C#N)sc2c1CCCC2. The predicted octanol–water partition coefficient (Wildman–Crippen LogP) is 3.47. The van der Waals surface area contributed by atoms with E-state index in [-0.39, 0.29) is 5.97 Å². The first-order valence-corrected chi connectivity index (χ1v) is 7.97. The van der Waals surface area contributed by atoms with Crippen LogP contribution in [-0.4, -0.2) is 17.1 Å². The highest BCUT2D eigenvalue weighted by atomic mass is 32.1. The van der Waals surface area contributed by atoms with Gasteiger partial charge in [-0.15, -0.1) is 11.3 Å². The molecule has 0 atom stereocenters. The van der Waals surface area contributed by atoms with Crippen molar-refractivity contribution >= 4 is 17.3 Å². The molecule has 0 N–H and O–H groups in total. The number of carbonyl (C=O) groups is 1. The number of hydrogen-bond donors (Lipinski definition) is 0. The molecule has 0 aromatic carbocycles. The molecule has 0 bridgehead atoms. The Balaban J connectivity index is 2.18. The average Bonchev–Trinajstić information content (AvgIpc) is 3.10. The van der Waals surface area contributed by atoms with Gasteiger partial charge in [0.2, 0.25) is 0 Å². The average molecular weight is 300 g/mol. The lowest BCUT2D eigenvalue weighted by Gasteiger charge is -2.12. The van der Waals surface area contributed by atoms with E-state index >= 15 is 0 Å². The quantitative estimate of drug-likeness (QED) is 0.816. The van der Waals surface area contributed by atoms with Crippen molar-refractivity contribution < 1.29 is 9.53 Å². The van der Waals surface area contributed by atoms with E-state index in [2.05, 4.69) is 6.07 Å². The number of carbonyl (C=O) groups excluding carboxylic acids is 1. The van der Waals surface area contributed by atoms with E-state index in [1.165, 1.54) is 4.88 Å². The van der Waals surface area contributed by atoms with Crippen LogP contribution in [0.1, 0.15) is 46.3 Å². The Kier molecular flexibility index (Phi) is 3.80. The molecule has 0 spiro atoms. The Morgan fingerprint density at radius 3 is 3.05 bits per heavy atom. The van der Waals surface area contributed by atoms with Crippen molar-refractivity contribution in [3.63, 3.8) is 0 Å². The zero-order valence-electron chi connectivity index (χ0n) is 11.9. The van der Waals surface area contributed by atoms with Crippen molar-refractivity contribution in [2.75, 3.05) is 6.61 Å². The minimum Gasteiger partial charge on any atom is -0.462 e. The molecule has 0 aliphatic heterocycles. The lowest BCUT2D eigenvalue weighted by atomic mass is 9.95. The fourth-order valence-corrected chi connectivity index (χ4v) is 4.16. The standard InChI is InChI=1S/C16H16N2O2S/c1-2-20-16(19)14-12-7-3-4-8-13(12)21-15(14)18-9-5-6-11(18)10-17/h5-6,9H,2-4,7-8H2,1H3. The maximum atomic E-state index is 12.4. The summed E-state index contributed by atoms with van der Waals surface area (Å²) >= 11 is 1.61. The van der Waals surface area contributed by atoms with Crippen LogP contribution in [0.25, 0.3) is 5.00 Å². The van der Waals surface area contributed by atoms with Crippen LogP contribution in [0.4, 0.5) is 0 Å². The lowest BCUT2D eigenvalue weighted by molar-refractivity contribution is 0.0525. The zero-order valence-corrected chi connectivity index (χ0v) is 12.7. The third-order valence-electron chi connectivity index (χ3n) is 3.71. The van der Waals surface area contributed by atoms with Crippen LogP contribution >= 0.6 is 11.3 Å². The van der Waals surface area contributed by atoms with E-state index in [1.807, 2.05) is 19.2 Å². The summed E-state index contributed by atoms with van der Waals surface area (Å²) in [4.78, 5) is 13.6. The molecule has 0 unspecified atom stereocenters. The van der Waals surface area contributed by atoms with Gasteiger partial charge in [0.25, 0.3) is 0 Å². The number of hydrogen-bond acceptors (Lipinski definition) is 4. The second kappa shape index (κ2) is 5.74. The molecule has 3 rings (SSSR count). The molecule has 0 saturated heterocycles. The maximum Gasteiger partial charge on any atom is 0.341 e. The maximum absolute atomic E-state index is 12.4. The van der Waals surface area contributed by atoms with Gasteiger partial charge in [0.15, 0.2) is 0 Å². The van der Waals surface area contributed by atoms with Crippen LogP contribution in [0.15, 0.2) is 18.3 Å². The van der Waals surface area contributed by atoms with Crippen LogP contribution in [-0.2, 0) is 17.6 Å². The Hall–Kier alpha value is -2.06. The number of ether oxygens (including phenoxy) is 1. The summed E-state index contributed by atoms with van der Waals surface area (Å²) in [6.45, 7) is 2.17. The summed E-state index contributed by atoms with van der Waals surface area (Å²) in [5.74, 6) is -0.274. The zero-order chi connectivity index (χ0) is 14.8. The van der Waals surface area contributed by atoms with Crippen LogP contribution in [0.3, 0.4) is 0 Å². The lowest BCUT2D eigenvalue weighted by Crippen LogP contribution is -2.12. The molecule has 2 aromatic rings. The van der Waals surface area contributed by atoms with Crippen LogP contribution in [0.5, 0.6) is 0 Å². The molecule has 0 saturated carbocycles. The number of aromatic nitrogens is 1. The van der Waals surface area contributed by atoms with Gasteiger partial charge in [-0.25, -0.2) is 4.79 Å². The van der Waals surface area contributed by atoms with Gasteiger partial charge >= 0.3 is 5.97 Å².